The molecule has 0 aliphatic heterocycles. The first-order valence-electron chi connectivity index (χ1n) is 4.59. The second-order valence-corrected chi connectivity index (χ2v) is 3.39. The van der Waals surface area contributed by atoms with Gasteiger partial charge in [0.2, 0.25) is 0 Å². The van der Waals surface area contributed by atoms with Crippen molar-refractivity contribution in [3.05, 3.63) is 29.8 Å². The van der Waals surface area contributed by atoms with Crippen molar-refractivity contribution in [2.45, 2.75) is 25.4 Å². The molecule has 0 amide bonds. The number of benzene rings is 1. The first-order valence-corrected chi connectivity index (χ1v) is 4.59. The maximum Gasteiger partial charge on any atom is 0.573 e. The number of rotatable bonds is 3. The monoisotopic (exact) mass is 235 g/mol. The highest BCUT2D eigenvalue weighted by molar-refractivity contribution is 5.31. The number of halogens is 3. The maximum atomic E-state index is 11.9. The standard InChI is InChI=1S/C10H12F3NO2/c1-6(15)9(14)7-3-2-4-8(5-7)16-10(11,12)13/h2-6,9,15H,14H2,1H3/t6-,9+/m1/s1. The summed E-state index contributed by atoms with van der Waals surface area (Å²) in [6.07, 6.45) is -5.57. The molecule has 2 atom stereocenters. The minimum Gasteiger partial charge on any atom is -0.406 e. The first-order chi connectivity index (χ1) is 7.29. The van der Waals surface area contributed by atoms with E-state index in [1.54, 1.807) is 0 Å². The van der Waals surface area contributed by atoms with Gasteiger partial charge in [0.25, 0.3) is 0 Å². The third kappa shape index (κ3) is 3.71. The molecule has 0 fully saturated rings. The largest absolute Gasteiger partial charge is 0.573 e. The topological polar surface area (TPSA) is 55.5 Å². The zero-order valence-corrected chi connectivity index (χ0v) is 8.53. The molecule has 0 saturated heterocycles. The highest BCUT2D eigenvalue weighted by Gasteiger charge is 2.31. The Kier molecular flexibility index (Phi) is 3.77. The molecule has 0 spiro atoms. The summed E-state index contributed by atoms with van der Waals surface area (Å²) < 4.78 is 39.5. The molecule has 0 bridgehead atoms. The fraction of sp³-hybridized carbons (Fsp3) is 0.400. The van der Waals surface area contributed by atoms with Crippen molar-refractivity contribution in [1.82, 2.24) is 0 Å². The number of aliphatic hydroxyl groups is 1. The normalized spacial score (nSPS) is 15.6. The molecule has 6 heteroatoms. The van der Waals surface area contributed by atoms with Crippen molar-refractivity contribution in [3.8, 4) is 5.75 Å². The smallest absolute Gasteiger partial charge is 0.406 e. The van der Waals surface area contributed by atoms with Crippen LogP contribution in [0.5, 0.6) is 5.75 Å². The van der Waals surface area contributed by atoms with Gasteiger partial charge in [-0.05, 0) is 24.6 Å². The molecule has 0 unspecified atom stereocenters. The summed E-state index contributed by atoms with van der Waals surface area (Å²) in [6.45, 7) is 1.46. The van der Waals surface area contributed by atoms with Crippen LogP contribution in [0, 0.1) is 0 Å². The molecule has 0 saturated carbocycles. The van der Waals surface area contributed by atoms with Crippen LogP contribution in [0.15, 0.2) is 24.3 Å². The van der Waals surface area contributed by atoms with Crippen molar-refractivity contribution in [3.63, 3.8) is 0 Å². The van der Waals surface area contributed by atoms with Crippen molar-refractivity contribution in [2.24, 2.45) is 5.73 Å². The van der Waals surface area contributed by atoms with Crippen LogP contribution in [0.1, 0.15) is 18.5 Å². The van der Waals surface area contributed by atoms with Gasteiger partial charge < -0.3 is 15.6 Å². The molecule has 0 aliphatic rings. The first kappa shape index (κ1) is 12.8. The van der Waals surface area contributed by atoms with Crippen molar-refractivity contribution in [1.29, 1.82) is 0 Å². The quantitative estimate of drug-likeness (QED) is 0.842. The van der Waals surface area contributed by atoms with E-state index in [2.05, 4.69) is 4.74 Å². The van der Waals surface area contributed by atoms with E-state index in [1.807, 2.05) is 0 Å². The van der Waals surface area contributed by atoms with Crippen LogP contribution in [0.2, 0.25) is 0 Å². The van der Waals surface area contributed by atoms with Gasteiger partial charge in [0, 0.05) is 0 Å². The number of nitrogens with two attached hydrogens (primary N) is 1. The number of hydrogen-bond donors (Lipinski definition) is 2. The average Bonchev–Trinajstić information content (AvgIpc) is 2.14. The second-order valence-electron chi connectivity index (χ2n) is 3.39. The maximum absolute atomic E-state index is 11.9. The van der Waals surface area contributed by atoms with Gasteiger partial charge in [-0.15, -0.1) is 13.2 Å². The molecule has 1 aromatic carbocycles. The molecule has 16 heavy (non-hydrogen) atoms. The van der Waals surface area contributed by atoms with Gasteiger partial charge in [0.05, 0.1) is 12.1 Å². The summed E-state index contributed by atoms with van der Waals surface area (Å²) in [5.41, 5.74) is 5.97. The lowest BCUT2D eigenvalue weighted by Gasteiger charge is -2.16. The third-order valence-corrected chi connectivity index (χ3v) is 2.00. The van der Waals surface area contributed by atoms with Crippen LogP contribution >= 0.6 is 0 Å². The van der Waals surface area contributed by atoms with Crippen LogP contribution in [0.3, 0.4) is 0 Å². The van der Waals surface area contributed by atoms with Crippen LogP contribution in [0.25, 0.3) is 0 Å². The molecular weight excluding hydrogens is 223 g/mol. The molecule has 3 N–H and O–H groups in total. The Labute approximate surface area is 90.6 Å². The Bertz CT molecular complexity index is 352. The molecule has 3 nitrogen and oxygen atoms in total. The predicted octanol–water partition coefficient (Wildman–Crippen LogP) is 1.97. The molecule has 0 aromatic heterocycles. The summed E-state index contributed by atoms with van der Waals surface area (Å²) in [5.74, 6) is -0.346. The van der Waals surface area contributed by atoms with E-state index in [9.17, 15) is 18.3 Å². The molecule has 0 heterocycles. The zero-order chi connectivity index (χ0) is 12.3. The van der Waals surface area contributed by atoms with E-state index in [1.165, 1.54) is 25.1 Å². The summed E-state index contributed by atoms with van der Waals surface area (Å²) in [4.78, 5) is 0. The van der Waals surface area contributed by atoms with Crippen molar-refractivity contribution < 1.29 is 23.0 Å². The second kappa shape index (κ2) is 4.71. The summed E-state index contributed by atoms with van der Waals surface area (Å²) in [5, 5.41) is 9.21. The lowest BCUT2D eigenvalue weighted by molar-refractivity contribution is -0.274. The van der Waals surface area contributed by atoms with E-state index in [0.29, 0.717) is 5.56 Å². The Hall–Kier alpha value is -1.27. The van der Waals surface area contributed by atoms with Crippen LogP contribution in [0.4, 0.5) is 13.2 Å². The molecule has 0 aliphatic carbocycles. The van der Waals surface area contributed by atoms with E-state index in [-0.39, 0.29) is 5.75 Å². The predicted molar refractivity (Wildman–Crippen MR) is 51.7 cm³/mol. The highest BCUT2D eigenvalue weighted by Crippen LogP contribution is 2.25. The Morgan fingerprint density at radius 1 is 1.38 bits per heavy atom. The fourth-order valence-electron chi connectivity index (χ4n) is 1.20. The molecular formula is C10H12F3NO2. The van der Waals surface area contributed by atoms with Gasteiger partial charge >= 0.3 is 6.36 Å². The SMILES string of the molecule is C[C@@H](O)[C@H](N)c1cccc(OC(F)(F)F)c1. The van der Waals surface area contributed by atoms with Gasteiger partial charge in [-0.2, -0.15) is 0 Å². The minimum atomic E-state index is -4.73. The number of alkyl halides is 3. The lowest BCUT2D eigenvalue weighted by atomic mass is 10.0. The molecule has 1 aromatic rings. The van der Waals surface area contributed by atoms with E-state index >= 15 is 0 Å². The minimum absolute atomic E-state index is 0.346. The Balaban J connectivity index is 2.87. The average molecular weight is 235 g/mol. The highest BCUT2D eigenvalue weighted by atomic mass is 19.4. The number of aliphatic hydroxyl groups excluding tert-OH is 1. The van der Waals surface area contributed by atoms with E-state index in [4.69, 9.17) is 5.73 Å². The van der Waals surface area contributed by atoms with Crippen molar-refractivity contribution in [2.75, 3.05) is 0 Å². The fourth-order valence-corrected chi connectivity index (χ4v) is 1.20. The Morgan fingerprint density at radius 2 is 2.00 bits per heavy atom. The molecule has 90 valence electrons. The van der Waals surface area contributed by atoms with Gasteiger partial charge in [0.1, 0.15) is 5.75 Å². The summed E-state index contributed by atoms with van der Waals surface area (Å²) in [6, 6.07) is 4.51. The van der Waals surface area contributed by atoms with Crippen LogP contribution < -0.4 is 10.5 Å². The summed E-state index contributed by atoms with van der Waals surface area (Å²) >= 11 is 0. The Morgan fingerprint density at radius 3 is 2.50 bits per heavy atom. The number of hydrogen-bond acceptors (Lipinski definition) is 3. The number of ether oxygens (including phenoxy) is 1. The van der Waals surface area contributed by atoms with Gasteiger partial charge in [-0.3, -0.25) is 0 Å². The van der Waals surface area contributed by atoms with Crippen molar-refractivity contribution >= 4 is 0 Å². The van der Waals surface area contributed by atoms with Gasteiger partial charge in [-0.1, -0.05) is 12.1 Å². The van der Waals surface area contributed by atoms with Crippen LogP contribution in [-0.4, -0.2) is 17.6 Å². The molecule has 1 rings (SSSR count). The van der Waals surface area contributed by atoms with E-state index < -0.39 is 18.5 Å². The zero-order valence-electron chi connectivity index (χ0n) is 8.53. The summed E-state index contributed by atoms with van der Waals surface area (Å²) in [7, 11) is 0. The van der Waals surface area contributed by atoms with Gasteiger partial charge in [0.15, 0.2) is 0 Å². The van der Waals surface area contributed by atoms with Gasteiger partial charge in [-0.25, -0.2) is 0 Å². The third-order valence-electron chi connectivity index (χ3n) is 2.00. The van der Waals surface area contributed by atoms with Crippen LogP contribution in [-0.2, 0) is 0 Å². The molecule has 0 radical (unpaired) electrons. The van der Waals surface area contributed by atoms with E-state index in [0.717, 1.165) is 6.07 Å². The lowest BCUT2D eigenvalue weighted by Crippen LogP contribution is -2.23.